The van der Waals surface area contributed by atoms with Crippen molar-refractivity contribution >= 4 is 25.5 Å². The first-order chi connectivity index (χ1) is 31.6. The predicted molar refractivity (Wildman–Crippen MR) is 250 cm³/mol. The highest BCUT2D eigenvalue weighted by atomic mass is 31.2. The first-order valence-corrected chi connectivity index (χ1v) is 25.7. The number of Topliss-reactive ketones (excluding diaryl/α,β-unsaturated/α-hetero) is 1. The summed E-state index contributed by atoms with van der Waals surface area (Å²) in [6.45, 7) is 2.75. The van der Waals surface area contributed by atoms with Gasteiger partial charge in [0.05, 0.1) is 31.0 Å². The minimum Gasteiger partial charge on any atom is -0.462 e. The van der Waals surface area contributed by atoms with Crippen LogP contribution < -0.4 is 0 Å². The number of ether oxygens (including phenoxy) is 2. The van der Waals surface area contributed by atoms with Crippen molar-refractivity contribution in [2.45, 2.75) is 204 Å². The minimum absolute atomic E-state index is 0.0299. The molecule has 16 nitrogen and oxygen atoms in total. The van der Waals surface area contributed by atoms with Gasteiger partial charge in [0.1, 0.15) is 36.8 Å². The van der Waals surface area contributed by atoms with Crippen LogP contribution in [0.25, 0.3) is 0 Å². The van der Waals surface area contributed by atoms with Gasteiger partial charge in [-0.3, -0.25) is 23.4 Å². The van der Waals surface area contributed by atoms with Crippen LogP contribution in [0.3, 0.4) is 0 Å². The van der Waals surface area contributed by atoms with Gasteiger partial charge in [0, 0.05) is 31.1 Å². The Kier molecular flexibility index (Phi) is 30.9. The first-order valence-electron chi connectivity index (χ1n) is 24.2. The summed E-state index contributed by atoms with van der Waals surface area (Å²) in [5.74, 6) is -5.14. The highest BCUT2D eigenvalue weighted by molar-refractivity contribution is 7.47. The molecule has 1 aliphatic heterocycles. The molecule has 66 heavy (non-hydrogen) atoms. The fourth-order valence-electron chi connectivity index (χ4n) is 7.65. The second kappa shape index (κ2) is 34.4. The Labute approximate surface area is 392 Å². The van der Waals surface area contributed by atoms with Crippen LogP contribution in [0.2, 0.25) is 0 Å². The lowest BCUT2D eigenvalue weighted by Crippen LogP contribution is -2.55. The van der Waals surface area contributed by atoms with Crippen molar-refractivity contribution in [1.29, 1.82) is 0 Å². The normalized spacial score (nSPS) is 31.3. The fourth-order valence-corrected chi connectivity index (χ4v) is 8.63. The molecule has 1 fully saturated rings. The lowest BCUT2D eigenvalue weighted by atomic mass is 9.84. The van der Waals surface area contributed by atoms with Crippen molar-refractivity contribution in [3.05, 3.63) is 60.8 Å². The summed E-state index contributed by atoms with van der Waals surface area (Å²) in [7, 11) is -5.47. The number of hydrogen-bond acceptors (Lipinski definition) is 15. The number of fused-ring (bicyclic) bond motifs is 4. The van der Waals surface area contributed by atoms with Gasteiger partial charge >= 0.3 is 19.8 Å². The Morgan fingerprint density at radius 1 is 0.803 bits per heavy atom. The molecule has 0 radical (unpaired) electrons. The number of unbranched alkanes of at least 4 members (excludes halogenated alkanes) is 9. The van der Waals surface area contributed by atoms with Crippen molar-refractivity contribution in [2.75, 3.05) is 13.2 Å². The molecule has 2 bridgehead atoms. The number of rotatable bonds is 23. The number of carbonyl (C=O) groups is 3. The highest BCUT2D eigenvalue weighted by Gasteiger charge is 2.49. The number of allylic oxidation sites excluding steroid dienone is 8. The molecule has 0 aromatic rings. The largest absolute Gasteiger partial charge is 0.472 e. The van der Waals surface area contributed by atoms with Gasteiger partial charge in [-0.2, -0.15) is 0 Å². The summed E-state index contributed by atoms with van der Waals surface area (Å²) < 4.78 is 34.5. The maximum atomic E-state index is 13.6. The lowest BCUT2D eigenvalue weighted by molar-refractivity contribution is -0.166. The van der Waals surface area contributed by atoms with Crippen molar-refractivity contribution in [1.82, 2.24) is 0 Å². The zero-order valence-electron chi connectivity index (χ0n) is 39.2. The maximum absolute atomic E-state index is 13.6. The van der Waals surface area contributed by atoms with Crippen LogP contribution in [0.5, 0.6) is 0 Å². The summed E-state index contributed by atoms with van der Waals surface area (Å²) in [6, 6.07) is 0. The van der Waals surface area contributed by atoms with E-state index in [2.05, 4.69) is 31.2 Å². The maximum Gasteiger partial charge on any atom is 0.472 e. The SMILES string of the molecule is CCCCCCCC/C=C\C/C=C\C/C=C\CCCC(=O)OC[C@@H]1COP(=O)(O)O[C@H]2[C@H](O)[C@@H](O)[C@H](O)[C@@H](C/C=C\CCCC(=O)O1)C(=O)C[C@@H](O)[C@H](/C=C/[C@@H](O)CCCCC)[C@@H](O)[C@H]2O. The second-order valence-corrected chi connectivity index (χ2v) is 18.8. The summed E-state index contributed by atoms with van der Waals surface area (Å²) in [5.41, 5.74) is 0. The topological polar surface area (TPSA) is 267 Å². The van der Waals surface area contributed by atoms with Crippen LogP contribution >= 0.6 is 7.82 Å². The average Bonchev–Trinajstić information content (AvgIpc) is 3.28. The molecule has 17 heteroatoms. The molecule has 1 heterocycles. The third kappa shape index (κ3) is 24.4. The van der Waals surface area contributed by atoms with Crippen LogP contribution in [0.1, 0.15) is 149 Å². The molecular weight excluding hydrogens is 875 g/mol. The molecule has 8 N–H and O–H groups in total. The van der Waals surface area contributed by atoms with E-state index in [0.29, 0.717) is 32.1 Å². The van der Waals surface area contributed by atoms with E-state index in [0.717, 1.165) is 32.1 Å². The van der Waals surface area contributed by atoms with Gasteiger partial charge in [0.15, 0.2) is 6.10 Å². The minimum atomic E-state index is -5.47. The van der Waals surface area contributed by atoms with E-state index in [1.807, 2.05) is 19.1 Å². The van der Waals surface area contributed by atoms with E-state index >= 15 is 0 Å². The molecule has 0 saturated heterocycles. The Balaban J connectivity index is 2.14. The molecule has 0 amide bonds. The average molecular weight is 957 g/mol. The predicted octanol–water partition coefficient (Wildman–Crippen LogP) is 6.31. The van der Waals surface area contributed by atoms with Gasteiger partial charge in [-0.15, -0.1) is 0 Å². The number of aliphatic hydroxyl groups is 7. The summed E-state index contributed by atoms with van der Waals surface area (Å²) in [5, 5.41) is 78.4. The number of phosphoric acid groups is 1. The van der Waals surface area contributed by atoms with Gasteiger partial charge in [-0.1, -0.05) is 126 Å². The van der Waals surface area contributed by atoms with Crippen LogP contribution in [-0.4, -0.2) is 127 Å². The third-order valence-electron chi connectivity index (χ3n) is 11.7. The third-order valence-corrected chi connectivity index (χ3v) is 12.7. The van der Waals surface area contributed by atoms with Crippen LogP contribution in [0, 0.1) is 11.8 Å². The van der Waals surface area contributed by atoms with Crippen LogP contribution in [-0.2, 0) is 37.5 Å². The molecule has 0 aromatic carbocycles. The van der Waals surface area contributed by atoms with Gasteiger partial charge in [-0.05, 0) is 64.2 Å². The van der Waals surface area contributed by atoms with E-state index < -0.39 is 112 Å². The van der Waals surface area contributed by atoms with Crippen molar-refractivity contribution in [3.63, 3.8) is 0 Å². The smallest absolute Gasteiger partial charge is 0.462 e. The molecule has 378 valence electrons. The quantitative estimate of drug-likeness (QED) is 0.0241. The van der Waals surface area contributed by atoms with E-state index in [1.165, 1.54) is 56.8 Å². The van der Waals surface area contributed by atoms with Crippen molar-refractivity contribution in [3.8, 4) is 0 Å². The van der Waals surface area contributed by atoms with Crippen molar-refractivity contribution < 1.29 is 78.1 Å². The molecule has 2 aliphatic rings. The van der Waals surface area contributed by atoms with Gasteiger partial charge < -0.3 is 50.1 Å². The van der Waals surface area contributed by atoms with E-state index in [4.69, 9.17) is 18.5 Å². The second-order valence-electron chi connectivity index (χ2n) is 17.4. The summed E-state index contributed by atoms with van der Waals surface area (Å²) >= 11 is 0. The van der Waals surface area contributed by atoms with Gasteiger partial charge in [-0.25, -0.2) is 4.57 Å². The number of ketones is 1. The monoisotopic (exact) mass is 957 g/mol. The standard InChI is InChI=1S/C49H81O16P/c1-3-5-7-8-9-10-11-12-13-14-15-16-17-18-19-20-25-29-42(53)62-34-37-35-63-66(60,61)65-49-47(58)45(56)39(32-31-36(50)27-23-6-4-2)41(52)33-40(51)38(44(55)46(57)48(49)59)28-24-21-22-26-30-43(54)64-37/h12-13,15-16,18-19,21,24,31-32,36-39,41,44-50,52,55-59H,3-11,14,17,20,22-23,25-30,33-35H2,1-2H3,(H,60,61)/b13-12-,16-15-,19-18-,24-21-,32-31+/t36-,37+,38-,39-,41+,44+,45+,46-,47+,48+,49+/m0/s1. The van der Waals surface area contributed by atoms with Crippen LogP contribution in [0.4, 0.5) is 0 Å². The molecule has 2 rings (SSSR count). The molecule has 0 spiro atoms. The number of carbonyl (C=O) groups excluding carboxylic acids is 3. The Morgan fingerprint density at radius 2 is 1.42 bits per heavy atom. The van der Waals surface area contributed by atoms with E-state index in [1.54, 1.807) is 6.08 Å². The van der Waals surface area contributed by atoms with E-state index in [-0.39, 0.29) is 25.7 Å². The molecule has 0 aromatic heterocycles. The molecule has 1 aliphatic carbocycles. The number of hydrogen-bond donors (Lipinski definition) is 8. The first kappa shape index (κ1) is 59.3. The van der Waals surface area contributed by atoms with Gasteiger partial charge in [0.25, 0.3) is 0 Å². The lowest BCUT2D eigenvalue weighted by Gasteiger charge is -2.36. The molecule has 12 atom stereocenters. The molecule has 1 unspecified atom stereocenters. The summed E-state index contributed by atoms with van der Waals surface area (Å²) in [4.78, 5) is 49.9. The Bertz CT molecular complexity index is 1560. The highest BCUT2D eigenvalue weighted by Crippen LogP contribution is 2.47. The zero-order chi connectivity index (χ0) is 48.7. The number of esters is 2. The molecule has 1 saturated carbocycles. The fraction of sp³-hybridized carbons (Fsp3) is 0.735. The Morgan fingerprint density at radius 3 is 2.12 bits per heavy atom. The number of cyclic esters (lactones) is 1. The van der Waals surface area contributed by atoms with Crippen LogP contribution in [0.15, 0.2) is 60.8 Å². The number of aliphatic hydroxyl groups excluding tert-OH is 7. The zero-order valence-corrected chi connectivity index (χ0v) is 40.1. The van der Waals surface area contributed by atoms with Crippen molar-refractivity contribution in [2.24, 2.45) is 11.8 Å². The number of phosphoric ester groups is 1. The van der Waals surface area contributed by atoms with Gasteiger partial charge in [0.2, 0.25) is 0 Å². The van der Waals surface area contributed by atoms with E-state index in [9.17, 15) is 59.6 Å². The molecular formula is C49H81O16P. The summed E-state index contributed by atoms with van der Waals surface area (Å²) in [6.07, 6.45) is 14.0. The Hall–Kier alpha value is -2.86.